The highest BCUT2D eigenvalue weighted by molar-refractivity contribution is 4.99. The molecule has 0 bridgehead atoms. The van der Waals surface area contributed by atoms with Crippen LogP contribution in [-0.4, -0.2) is 12.1 Å². The molecule has 0 aromatic heterocycles. The molecule has 1 heteroatoms. The molecule has 3 fully saturated rings. The van der Waals surface area contributed by atoms with Gasteiger partial charge in [0.2, 0.25) is 0 Å². The van der Waals surface area contributed by atoms with Crippen molar-refractivity contribution < 1.29 is 0 Å². The quantitative estimate of drug-likeness (QED) is 0.702. The van der Waals surface area contributed by atoms with Crippen LogP contribution in [0.4, 0.5) is 0 Å². The lowest BCUT2D eigenvalue weighted by Gasteiger charge is -2.34. The van der Waals surface area contributed by atoms with Gasteiger partial charge in [-0.05, 0) is 56.8 Å². The Labute approximate surface area is 81.3 Å². The van der Waals surface area contributed by atoms with Crippen molar-refractivity contribution in [2.45, 2.75) is 57.5 Å². The van der Waals surface area contributed by atoms with Gasteiger partial charge in [-0.15, -0.1) is 0 Å². The normalized spacial score (nSPS) is 45.5. The summed E-state index contributed by atoms with van der Waals surface area (Å²) in [5.74, 6) is 3.27. The molecule has 1 nitrogen and oxygen atoms in total. The average Bonchev–Trinajstić information content (AvgIpc) is 2.55. The molecule has 0 radical (unpaired) electrons. The van der Waals surface area contributed by atoms with E-state index in [1.807, 2.05) is 0 Å². The van der Waals surface area contributed by atoms with E-state index in [1.54, 1.807) is 6.42 Å². The van der Waals surface area contributed by atoms with E-state index in [1.165, 1.54) is 32.1 Å². The highest BCUT2D eigenvalue weighted by Gasteiger charge is 2.46. The number of fused-ring (bicyclic) bond motifs is 1. The van der Waals surface area contributed by atoms with Crippen molar-refractivity contribution in [1.82, 2.24) is 5.32 Å². The molecule has 0 spiro atoms. The molecule has 0 aliphatic heterocycles. The van der Waals surface area contributed by atoms with E-state index >= 15 is 0 Å². The maximum Gasteiger partial charge on any atom is 0.00751 e. The Morgan fingerprint density at radius 1 is 1.08 bits per heavy atom. The smallest absolute Gasteiger partial charge is 0.00751 e. The van der Waals surface area contributed by atoms with Crippen molar-refractivity contribution in [3.63, 3.8) is 0 Å². The fourth-order valence-corrected chi connectivity index (χ4v) is 3.30. The molecule has 0 aromatic rings. The molecule has 3 atom stereocenters. The van der Waals surface area contributed by atoms with Gasteiger partial charge in [-0.2, -0.15) is 0 Å². The predicted molar refractivity (Wildman–Crippen MR) is 54.6 cm³/mol. The van der Waals surface area contributed by atoms with E-state index in [2.05, 4.69) is 12.2 Å². The average molecular weight is 179 g/mol. The van der Waals surface area contributed by atoms with E-state index < -0.39 is 0 Å². The molecule has 3 aliphatic carbocycles. The van der Waals surface area contributed by atoms with Gasteiger partial charge in [0.1, 0.15) is 0 Å². The van der Waals surface area contributed by atoms with E-state index in [4.69, 9.17) is 0 Å². The van der Waals surface area contributed by atoms with Gasteiger partial charge in [0.15, 0.2) is 0 Å². The van der Waals surface area contributed by atoms with Gasteiger partial charge < -0.3 is 5.32 Å². The first kappa shape index (κ1) is 8.28. The lowest BCUT2D eigenvalue weighted by molar-refractivity contribution is 0.223. The van der Waals surface area contributed by atoms with Crippen molar-refractivity contribution in [3.05, 3.63) is 0 Å². The Kier molecular flexibility index (Phi) is 1.90. The van der Waals surface area contributed by atoms with Gasteiger partial charge in [0.05, 0.1) is 0 Å². The highest BCUT2D eigenvalue weighted by atomic mass is 15.0. The topological polar surface area (TPSA) is 12.0 Å². The summed E-state index contributed by atoms with van der Waals surface area (Å²) >= 11 is 0. The van der Waals surface area contributed by atoms with Gasteiger partial charge in [0.25, 0.3) is 0 Å². The van der Waals surface area contributed by atoms with Crippen LogP contribution in [0.5, 0.6) is 0 Å². The van der Waals surface area contributed by atoms with Crippen molar-refractivity contribution in [2.75, 3.05) is 0 Å². The summed E-state index contributed by atoms with van der Waals surface area (Å²) < 4.78 is 0. The molecule has 1 N–H and O–H groups in total. The zero-order valence-corrected chi connectivity index (χ0v) is 8.63. The monoisotopic (exact) mass is 179 g/mol. The Bertz CT molecular complexity index is 187. The lowest BCUT2D eigenvalue weighted by Crippen LogP contribution is -2.42. The van der Waals surface area contributed by atoms with Gasteiger partial charge in [-0.1, -0.05) is 6.42 Å². The first-order chi connectivity index (χ1) is 6.33. The van der Waals surface area contributed by atoms with Crippen LogP contribution in [0.2, 0.25) is 0 Å². The second-order valence-electron chi connectivity index (χ2n) is 5.57. The molecule has 3 saturated carbocycles. The minimum Gasteiger partial charge on any atom is -0.311 e. The second kappa shape index (κ2) is 2.98. The van der Waals surface area contributed by atoms with Gasteiger partial charge >= 0.3 is 0 Å². The molecule has 0 saturated heterocycles. The zero-order chi connectivity index (χ0) is 8.84. The second-order valence-corrected chi connectivity index (χ2v) is 5.57. The third kappa shape index (κ3) is 1.52. The Morgan fingerprint density at radius 2 is 1.77 bits per heavy atom. The molecule has 3 rings (SSSR count). The maximum atomic E-state index is 3.84. The molecule has 3 unspecified atom stereocenters. The maximum absolute atomic E-state index is 3.84. The summed E-state index contributed by atoms with van der Waals surface area (Å²) in [5, 5.41) is 3.84. The van der Waals surface area contributed by atoms with E-state index in [0.29, 0.717) is 0 Å². The molecular weight excluding hydrogens is 158 g/mol. The molecule has 3 aliphatic rings. The summed E-state index contributed by atoms with van der Waals surface area (Å²) in [6.45, 7) is 2.40. The number of hydrogen-bond donors (Lipinski definition) is 1. The number of hydrogen-bond acceptors (Lipinski definition) is 1. The lowest BCUT2D eigenvalue weighted by atomic mass is 9.80. The van der Waals surface area contributed by atoms with Gasteiger partial charge in [-0.25, -0.2) is 0 Å². The number of rotatable bonds is 3. The summed E-state index contributed by atoms with van der Waals surface area (Å²) in [5.41, 5.74) is 0. The molecular formula is C12H21N. The number of nitrogens with one attached hydrogen (secondary N) is 1. The van der Waals surface area contributed by atoms with Crippen LogP contribution in [0.15, 0.2) is 0 Å². The van der Waals surface area contributed by atoms with Crippen LogP contribution in [0, 0.1) is 17.8 Å². The molecule has 0 heterocycles. The molecule has 0 aromatic carbocycles. The van der Waals surface area contributed by atoms with E-state index in [9.17, 15) is 0 Å². The third-order valence-corrected chi connectivity index (χ3v) is 4.60. The van der Waals surface area contributed by atoms with Crippen molar-refractivity contribution in [2.24, 2.45) is 17.8 Å². The molecule has 13 heavy (non-hydrogen) atoms. The SMILES string of the molecule is CC(NC1CC2CC2C1)C1CCC1. The van der Waals surface area contributed by atoms with Crippen molar-refractivity contribution in [3.8, 4) is 0 Å². The van der Waals surface area contributed by atoms with Crippen LogP contribution in [-0.2, 0) is 0 Å². The minimum absolute atomic E-state index is 0.802. The zero-order valence-electron chi connectivity index (χ0n) is 8.63. The summed E-state index contributed by atoms with van der Waals surface area (Å²) in [7, 11) is 0. The Hall–Kier alpha value is -0.0400. The minimum atomic E-state index is 0.802. The van der Waals surface area contributed by atoms with Gasteiger partial charge in [0, 0.05) is 12.1 Å². The van der Waals surface area contributed by atoms with E-state index in [-0.39, 0.29) is 0 Å². The first-order valence-corrected chi connectivity index (χ1v) is 6.09. The highest BCUT2D eigenvalue weighted by Crippen LogP contribution is 2.51. The fourth-order valence-electron chi connectivity index (χ4n) is 3.30. The fraction of sp³-hybridized carbons (Fsp3) is 1.00. The summed E-state index contributed by atoms with van der Waals surface area (Å²) in [6.07, 6.45) is 8.97. The van der Waals surface area contributed by atoms with Crippen LogP contribution >= 0.6 is 0 Å². The standard InChI is InChI=1S/C12H21N/c1-8(9-3-2-4-9)13-12-6-10-5-11(10)7-12/h8-13H,2-7H2,1H3. The van der Waals surface area contributed by atoms with Crippen LogP contribution in [0.25, 0.3) is 0 Å². The van der Waals surface area contributed by atoms with E-state index in [0.717, 1.165) is 29.8 Å². The first-order valence-electron chi connectivity index (χ1n) is 6.09. The van der Waals surface area contributed by atoms with Crippen molar-refractivity contribution in [1.29, 1.82) is 0 Å². The van der Waals surface area contributed by atoms with Crippen molar-refractivity contribution >= 4 is 0 Å². The van der Waals surface area contributed by atoms with Crippen LogP contribution in [0.3, 0.4) is 0 Å². The summed E-state index contributed by atoms with van der Waals surface area (Å²) in [6, 6.07) is 1.69. The largest absolute Gasteiger partial charge is 0.311 e. The van der Waals surface area contributed by atoms with Gasteiger partial charge in [-0.3, -0.25) is 0 Å². The Morgan fingerprint density at radius 3 is 2.31 bits per heavy atom. The molecule has 0 amide bonds. The van der Waals surface area contributed by atoms with Crippen LogP contribution < -0.4 is 5.32 Å². The molecule has 74 valence electrons. The third-order valence-electron chi connectivity index (χ3n) is 4.60. The Balaban J connectivity index is 1.46. The summed E-state index contributed by atoms with van der Waals surface area (Å²) in [4.78, 5) is 0. The predicted octanol–water partition coefficient (Wildman–Crippen LogP) is 2.56. The van der Waals surface area contributed by atoms with Crippen LogP contribution in [0.1, 0.15) is 45.4 Å².